The molecule has 2 heterocycles. The third kappa shape index (κ3) is 1.88. The number of anilines is 2. The van der Waals surface area contributed by atoms with Crippen molar-refractivity contribution in [3.8, 4) is 22.8 Å². The fraction of sp³-hybridized carbons (Fsp3) is 0.118. The molecule has 114 valence electrons. The van der Waals surface area contributed by atoms with Gasteiger partial charge in [0.05, 0.1) is 5.69 Å². The summed E-state index contributed by atoms with van der Waals surface area (Å²) < 4.78 is 24.2. The lowest BCUT2D eigenvalue weighted by Crippen LogP contribution is -1.95. The Labute approximate surface area is 131 Å². The highest BCUT2D eigenvalue weighted by molar-refractivity contribution is 5.81. The van der Waals surface area contributed by atoms with Crippen LogP contribution in [0.15, 0.2) is 36.4 Å². The van der Waals surface area contributed by atoms with Gasteiger partial charge in [-0.05, 0) is 35.9 Å². The zero-order valence-corrected chi connectivity index (χ0v) is 12.0. The van der Waals surface area contributed by atoms with Crippen molar-refractivity contribution < 1.29 is 13.9 Å². The first-order chi connectivity index (χ1) is 11.3. The molecule has 3 aromatic rings. The Bertz CT molecular complexity index is 936. The van der Waals surface area contributed by atoms with Crippen molar-refractivity contribution in [2.45, 2.75) is 6.42 Å². The molecule has 0 spiro atoms. The Balaban J connectivity index is 1.53. The van der Waals surface area contributed by atoms with Gasteiger partial charge in [-0.2, -0.15) is 5.10 Å². The molecule has 0 saturated carbocycles. The second kappa shape index (κ2) is 4.49. The van der Waals surface area contributed by atoms with Crippen molar-refractivity contribution in [2.75, 3.05) is 12.1 Å². The first kappa shape index (κ1) is 12.5. The average molecular weight is 309 g/mol. The van der Waals surface area contributed by atoms with E-state index < -0.39 is 0 Å². The lowest BCUT2D eigenvalue weighted by Gasteiger charge is -2.05. The molecule has 0 atom stereocenters. The van der Waals surface area contributed by atoms with Crippen molar-refractivity contribution in [3.05, 3.63) is 53.3 Å². The smallest absolute Gasteiger partial charge is 0.231 e. The first-order valence-corrected chi connectivity index (χ1v) is 7.30. The molecule has 2 aliphatic rings. The summed E-state index contributed by atoms with van der Waals surface area (Å²) >= 11 is 0. The van der Waals surface area contributed by atoms with Crippen LogP contribution < -0.4 is 14.8 Å². The number of ether oxygens (including phenoxy) is 2. The van der Waals surface area contributed by atoms with E-state index in [4.69, 9.17) is 9.47 Å². The number of rotatable bonds is 2. The van der Waals surface area contributed by atoms with E-state index in [1.165, 1.54) is 12.1 Å². The predicted octanol–water partition coefficient (Wildman–Crippen LogP) is 3.59. The monoisotopic (exact) mass is 309 g/mol. The van der Waals surface area contributed by atoms with Crippen LogP contribution in [0.5, 0.6) is 11.5 Å². The zero-order valence-electron chi connectivity index (χ0n) is 12.0. The van der Waals surface area contributed by atoms with Crippen LogP contribution in [0, 0.1) is 5.82 Å². The number of hydrogen-bond acceptors (Lipinski definition) is 4. The summed E-state index contributed by atoms with van der Waals surface area (Å²) in [5, 5.41) is 10.6. The van der Waals surface area contributed by atoms with Crippen LogP contribution in [0.1, 0.15) is 11.1 Å². The topological polar surface area (TPSA) is 59.2 Å². The second-order valence-corrected chi connectivity index (χ2v) is 5.60. The third-order valence-corrected chi connectivity index (χ3v) is 4.18. The molecule has 1 aliphatic heterocycles. The minimum atomic E-state index is -0.278. The number of fused-ring (bicyclic) bond motifs is 4. The van der Waals surface area contributed by atoms with Crippen molar-refractivity contribution in [3.63, 3.8) is 0 Å². The van der Waals surface area contributed by atoms with Gasteiger partial charge in [0.25, 0.3) is 0 Å². The fourth-order valence-corrected chi connectivity index (χ4v) is 3.12. The first-order valence-electron chi connectivity index (χ1n) is 7.30. The van der Waals surface area contributed by atoms with Crippen molar-refractivity contribution in [1.29, 1.82) is 0 Å². The Morgan fingerprint density at radius 3 is 2.87 bits per heavy atom. The maximum atomic E-state index is 13.3. The highest BCUT2D eigenvalue weighted by atomic mass is 19.1. The van der Waals surface area contributed by atoms with Crippen LogP contribution in [-0.2, 0) is 6.42 Å². The van der Waals surface area contributed by atoms with Gasteiger partial charge < -0.3 is 14.8 Å². The van der Waals surface area contributed by atoms with Gasteiger partial charge >= 0.3 is 0 Å². The van der Waals surface area contributed by atoms with Gasteiger partial charge in [-0.25, -0.2) is 4.39 Å². The molecule has 0 unspecified atom stereocenters. The van der Waals surface area contributed by atoms with Crippen LogP contribution >= 0.6 is 0 Å². The Kier molecular flexibility index (Phi) is 2.44. The summed E-state index contributed by atoms with van der Waals surface area (Å²) in [5.41, 5.74) is 4.85. The van der Waals surface area contributed by atoms with Gasteiger partial charge in [0.2, 0.25) is 6.79 Å². The number of benzene rings is 2. The molecule has 2 N–H and O–H groups in total. The minimum absolute atomic E-state index is 0.262. The molecule has 0 fully saturated rings. The molecule has 2 aromatic carbocycles. The van der Waals surface area contributed by atoms with Crippen LogP contribution in [0.25, 0.3) is 11.3 Å². The van der Waals surface area contributed by atoms with Gasteiger partial charge in [-0.1, -0.05) is 6.07 Å². The van der Waals surface area contributed by atoms with E-state index in [2.05, 4.69) is 15.5 Å². The summed E-state index contributed by atoms with van der Waals surface area (Å²) in [5.74, 6) is 2.03. The SMILES string of the molecule is Fc1cccc(Nc2[nH]nc3c2Cc2cc4c(cc2-3)OCO4)c1. The van der Waals surface area contributed by atoms with Crippen LogP contribution in [0.2, 0.25) is 0 Å². The number of hydrogen-bond donors (Lipinski definition) is 2. The maximum Gasteiger partial charge on any atom is 0.231 e. The van der Waals surface area contributed by atoms with Gasteiger partial charge in [0.15, 0.2) is 11.5 Å². The molecule has 1 aliphatic carbocycles. The lowest BCUT2D eigenvalue weighted by molar-refractivity contribution is 0.174. The second-order valence-electron chi connectivity index (χ2n) is 5.60. The van der Waals surface area contributed by atoms with E-state index in [0.29, 0.717) is 5.69 Å². The number of halogens is 1. The summed E-state index contributed by atoms with van der Waals surface area (Å²) in [6, 6.07) is 10.3. The van der Waals surface area contributed by atoms with Gasteiger partial charge in [-0.3, -0.25) is 5.10 Å². The molecule has 1 aromatic heterocycles. The predicted molar refractivity (Wildman–Crippen MR) is 82.6 cm³/mol. The number of nitrogens with one attached hydrogen (secondary N) is 2. The highest BCUT2D eigenvalue weighted by Crippen LogP contribution is 2.45. The molecule has 23 heavy (non-hydrogen) atoms. The van der Waals surface area contributed by atoms with E-state index in [9.17, 15) is 4.39 Å². The van der Waals surface area contributed by atoms with Gasteiger partial charge in [0.1, 0.15) is 11.6 Å². The third-order valence-electron chi connectivity index (χ3n) is 4.18. The molecule has 5 rings (SSSR count). The van der Waals surface area contributed by atoms with Crippen molar-refractivity contribution in [2.24, 2.45) is 0 Å². The average Bonchev–Trinajstić information content (AvgIpc) is 3.21. The van der Waals surface area contributed by atoms with E-state index in [1.807, 2.05) is 18.2 Å². The summed E-state index contributed by atoms with van der Waals surface area (Å²) in [6.45, 7) is 0.262. The molecule has 0 radical (unpaired) electrons. The van der Waals surface area contributed by atoms with Crippen LogP contribution in [0.4, 0.5) is 15.9 Å². The molecule has 0 saturated heterocycles. The number of nitrogens with zero attached hydrogens (tertiary/aromatic N) is 1. The standard InChI is InChI=1S/C17H12FN3O2/c18-10-2-1-3-11(6-10)19-17-13-4-9-5-14-15(23-8-22-14)7-12(9)16(13)20-21-17/h1-3,5-7H,4,8H2,(H2,19,20,21). The van der Waals surface area contributed by atoms with E-state index >= 15 is 0 Å². The highest BCUT2D eigenvalue weighted by Gasteiger charge is 2.28. The van der Waals surface area contributed by atoms with E-state index in [0.717, 1.165) is 46.1 Å². The molecule has 0 bridgehead atoms. The molecule has 6 heteroatoms. The van der Waals surface area contributed by atoms with E-state index in [-0.39, 0.29) is 12.6 Å². The number of aromatic amines is 1. The molecule has 5 nitrogen and oxygen atoms in total. The summed E-state index contributed by atoms with van der Waals surface area (Å²) in [6.07, 6.45) is 0.745. The lowest BCUT2D eigenvalue weighted by atomic mass is 10.1. The van der Waals surface area contributed by atoms with Crippen molar-refractivity contribution in [1.82, 2.24) is 10.2 Å². The van der Waals surface area contributed by atoms with Crippen molar-refractivity contribution >= 4 is 11.5 Å². The minimum Gasteiger partial charge on any atom is -0.454 e. The zero-order chi connectivity index (χ0) is 15.4. The number of aromatic nitrogens is 2. The van der Waals surface area contributed by atoms with Gasteiger partial charge in [0, 0.05) is 23.2 Å². The van der Waals surface area contributed by atoms with Crippen LogP contribution in [-0.4, -0.2) is 17.0 Å². The quantitative estimate of drug-likeness (QED) is 0.594. The Morgan fingerprint density at radius 2 is 2.00 bits per heavy atom. The number of H-pyrrole nitrogens is 1. The Morgan fingerprint density at radius 1 is 1.13 bits per heavy atom. The maximum absolute atomic E-state index is 13.3. The van der Waals surface area contributed by atoms with E-state index in [1.54, 1.807) is 6.07 Å². The molecule has 0 amide bonds. The molecular formula is C17H12FN3O2. The van der Waals surface area contributed by atoms with Gasteiger partial charge in [-0.15, -0.1) is 0 Å². The summed E-state index contributed by atoms with van der Waals surface area (Å²) in [4.78, 5) is 0. The largest absolute Gasteiger partial charge is 0.454 e. The summed E-state index contributed by atoms with van der Waals surface area (Å²) in [7, 11) is 0. The van der Waals surface area contributed by atoms with Crippen LogP contribution in [0.3, 0.4) is 0 Å². The molecular weight excluding hydrogens is 297 g/mol. The fourth-order valence-electron chi connectivity index (χ4n) is 3.12. The Hall–Kier alpha value is -3.02. The normalized spacial score (nSPS) is 13.8.